The van der Waals surface area contributed by atoms with Gasteiger partial charge >= 0.3 is 6.09 Å². The summed E-state index contributed by atoms with van der Waals surface area (Å²) in [6, 6.07) is 0. The van der Waals surface area contributed by atoms with Crippen LogP contribution in [-0.4, -0.2) is 97.6 Å². The van der Waals surface area contributed by atoms with Crippen molar-refractivity contribution in [2.24, 2.45) is 5.92 Å². The van der Waals surface area contributed by atoms with Gasteiger partial charge in [0.05, 0.1) is 12.8 Å². The number of hydrogen-bond donors (Lipinski definition) is 4. The lowest BCUT2D eigenvalue weighted by atomic mass is 9.67. The van der Waals surface area contributed by atoms with E-state index in [1.54, 1.807) is 0 Å². The van der Waals surface area contributed by atoms with E-state index in [1.807, 2.05) is 20.8 Å². The first-order valence-electron chi connectivity index (χ1n) is 12.1. The first-order chi connectivity index (χ1) is 15.6. The van der Waals surface area contributed by atoms with E-state index in [4.69, 9.17) is 9.57 Å². The summed E-state index contributed by atoms with van der Waals surface area (Å²) >= 11 is 0. The minimum absolute atomic E-state index is 0.132. The third kappa shape index (κ3) is 6.89. The number of nitrogens with one attached hydrogen (secondary N) is 4. The van der Waals surface area contributed by atoms with Gasteiger partial charge in [0, 0.05) is 56.9 Å². The van der Waals surface area contributed by atoms with E-state index in [2.05, 4.69) is 44.7 Å². The average molecular weight is 467 g/mol. The van der Waals surface area contributed by atoms with E-state index in [-0.39, 0.29) is 18.3 Å². The summed E-state index contributed by atoms with van der Waals surface area (Å²) in [6.45, 7) is 17.3. The summed E-state index contributed by atoms with van der Waals surface area (Å²) in [5.74, 6) is 0.243. The molecule has 188 valence electrons. The van der Waals surface area contributed by atoms with Crippen LogP contribution in [0.2, 0.25) is 0 Å². The molecule has 10 nitrogen and oxygen atoms in total. The van der Waals surface area contributed by atoms with Crippen LogP contribution in [0.3, 0.4) is 0 Å². The van der Waals surface area contributed by atoms with E-state index in [1.165, 1.54) is 18.9 Å². The second-order valence-electron chi connectivity index (χ2n) is 10.6. The molecule has 3 fully saturated rings. The summed E-state index contributed by atoms with van der Waals surface area (Å²) in [7, 11) is 0. The first-order valence-corrected chi connectivity index (χ1v) is 12.1. The van der Waals surface area contributed by atoms with E-state index < -0.39 is 23.6 Å². The summed E-state index contributed by atoms with van der Waals surface area (Å²) < 4.78 is 5.61. The van der Waals surface area contributed by atoms with Crippen LogP contribution in [0.25, 0.3) is 0 Å². The molecule has 0 aromatic rings. The Hall–Kier alpha value is -1.72. The maximum absolute atomic E-state index is 12.9. The van der Waals surface area contributed by atoms with Gasteiger partial charge in [-0.1, -0.05) is 13.0 Å². The molecule has 1 aliphatic carbocycles. The van der Waals surface area contributed by atoms with Crippen LogP contribution in [-0.2, 0) is 14.4 Å². The van der Waals surface area contributed by atoms with E-state index in [9.17, 15) is 9.59 Å². The zero-order valence-electron chi connectivity index (χ0n) is 20.6. The van der Waals surface area contributed by atoms with Crippen molar-refractivity contribution in [3.8, 4) is 0 Å². The molecule has 2 aliphatic heterocycles. The number of hydrogen-bond acceptors (Lipinski definition) is 8. The molecule has 2 heterocycles. The highest BCUT2D eigenvalue weighted by Crippen LogP contribution is 2.44. The van der Waals surface area contributed by atoms with Crippen LogP contribution < -0.4 is 21.4 Å². The van der Waals surface area contributed by atoms with Crippen LogP contribution in [0.15, 0.2) is 12.7 Å². The molecule has 0 radical (unpaired) electrons. The van der Waals surface area contributed by atoms with Gasteiger partial charge in [-0.15, -0.1) is 6.58 Å². The van der Waals surface area contributed by atoms with Gasteiger partial charge in [-0.2, -0.15) is 0 Å². The molecule has 10 heteroatoms. The third-order valence-corrected chi connectivity index (χ3v) is 6.53. The second-order valence-corrected chi connectivity index (χ2v) is 10.6. The highest BCUT2D eigenvalue weighted by atomic mass is 16.7. The molecule has 3 rings (SSSR count). The molecule has 0 unspecified atom stereocenters. The van der Waals surface area contributed by atoms with Crippen molar-refractivity contribution in [1.29, 1.82) is 0 Å². The number of rotatable bonds is 8. The van der Waals surface area contributed by atoms with Crippen LogP contribution >= 0.6 is 0 Å². The molecule has 2 atom stereocenters. The van der Waals surface area contributed by atoms with Gasteiger partial charge in [-0.3, -0.25) is 19.4 Å². The summed E-state index contributed by atoms with van der Waals surface area (Å²) in [5.41, 5.74) is 2.09. The van der Waals surface area contributed by atoms with Crippen molar-refractivity contribution < 1.29 is 19.2 Å². The third-order valence-electron chi connectivity index (χ3n) is 6.53. The Labute approximate surface area is 197 Å². The Balaban J connectivity index is 1.73. The zero-order valence-corrected chi connectivity index (χ0v) is 20.6. The van der Waals surface area contributed by atoms with Gasteiger partial charge in [-0.25, -0.2) is 10.3 Å². The smallest absolute Gasteiger partial charge is 0.408 e. The molecule has 0 aromatic heterocycles. The fourth-order valence-electron chi connectivity index (χ4n) is 5.28. The number of piperazine rings is 2. The van der Waals surface area contributed by atoms with Crippen molar-refractivity contribution in [1.82, 2.24) is 31.2 Å². The number of carbonyl (C=O) groups is 2. The lowest BCUT2D eigenvalue weighted by Gasteiger charge is -2.60. The normalized spacial score (nSPS) is 29.7. The minimum Gasteiger partial charge on any atom is -0.435 e. The zero-order chi connectivity index (χ0) is 24.1. The highest BCUT2D eigenvalue weighted by Gasteiger charge is 2.51. The Morgan fingerprint density at radius 2 is 1.97 bits per heavy atom. The molecule has 33 heavy (non-hydrogen) atoms. The SMILES string of the molecule is C=CCONC(=O)[C@H](CN1CCNC[C@@H]1N1CCNCC12CC(C)C2)OC(=O)NC(C)(C)C. The lowest BCUT2D eigenvalue weighted by Crippen LogP contribution is -2.74. The van der Waals surface area contributed by atoms with Gasteiger partial charge in [0.25, 0.3) is 5.91 Å². The predicted molar refractivity (Wildman–Crippen MR) is 126 cm³/mol. The van der Waals surface area contributed by atoms with Crippen molar-refractivity contribution >= 4 is 12.0 Å². The van der Waals surface area contributed by atoms with Crippen LogP contribution in [0.1, 0.15) is 40.5 Å². The van der Waals surface area contributed by atoms with Crippen molar-refractivity contribution in [2.75, 3.05) is 52.4 Å². The second kappa shape index (κ2) is 11.1. The Bertz CT molecular complexity index is 685. The Morgan fingerprint density at radius 3 is 2.64 bits per heavy atom. The minimum atomic E-state index is -1.00. The van der Waals surface area contributed by atoms with E-state index >= 15 is 0 Å². The Morgan fingerprint density at radius 1 is 1.24 bits per heavy atom. The van der Waals surface area contributed by atoms with Crippen LogP contribution in [0.5, 0.6) is 0 Å². The first kappa shape index (κ1) is 25.9. The largest absolute Gasteiger partial charge is 0.435 e. The lowest BCUT2D eigenvalue weighted by molar-refractivity contribution is -0.147. The van der Waals surface area contributed by atoms with E-state index in [0.717, 1.165) is 45.2 Å². The average Bonchev–Trinajstić information content (AvgIpc) is 2.72. The standard InChI is InChI=1S/C23H42N6O4/c1-6-11-32-27-20(30)18(33-21(31)26-22(3,4)5)15-28-9-7-24-14-19(28)29-10-8-25-16-23(29)12-17(2)13-23/h6,17-19,24-25H,1,7-16H2,2-5H3,(H,26,31)(H,27,30)/t17?,18-,19-,23?/m0/s1. The quantitative estimate of drug-likeness (QED) is 0.232. The number of carbonyl (C=O) groups excluding carboxylic acids is 2. The Kier molecular flexibility index (Phi) is 8.74. The number of alkyl carbamates (subject to hydrolysis) is 1. The number of nitrogens with zero attached hydrogens (tertiary/aromatic N) is 2. The summed E-state index contributed by atoms with van der Waals surface area (Å²) in [4.78, 5) is 35.4. The van der Waals surface area contributed by atoms with Gasteiger partial charge in [0.1, 0.15) is 0 Å². The maximum atomic E-state index is 12.9. The van der Waals surface area contributed by atoms with E-state index in [0.29, 0.717) is 6.54 Å². The molecule has 1 saturated carbocycles. The molecule has 2 amide bonds. The van der Waals surface area contributed by atoms with Crippen LogP contribution in [0, 0.1) is 5.92 Å². The van der Waals surface area contributed by atoms with Gasteiger partial charge < -0.3 is 20.7 Å². The van der Waals surface area contributed by atoms with Crippen LogP contribution in [0.4, 0.5) is 4.79 Å². The molecule has 4 N–H and O–H groups in total. The van der Waals surface area contributed by atoms with Gasteiger partial charge in [0.2, 0.25) is 0 Å². The highest BCUT2D eigenvalue weighted by molar-refractivity contribution is 5.83. The van der Waals surface area contributed by atoms with Crippen molar-refractivity contribution in [3.63, 3.8) is 0 Å². The van der Waals surface area contributed by atoms with Crippen molar-refractivity contribution in [2.45, 2.75) is 63.9 Å². The summed E-state index contributed by atoms with van der Waals surface area (Å²) in [5, 5.41) is 9.86. The predicted octanol–water partition coefficient (Wildman–Crippen LogP) is 0.419. The van der Waals surface area contributed by atoms with Gasteiger partial charge in [0.15, 0.2) is 6.10 Å². The molecule has 3 aliphatic rings. The summed E-state index contributed by atoms with van der Waals surface area (Å²) in [6.07, 6.45) is 2.40. The molecule has 2 saturated heterocycles. The fourth-order valence-corrected chi connectivity index (χ4v) is 5.28. The van der Waals surface area contributed by atoms with Crippen molar-refractivity contribution in [3.05, 3.63) is 12.7 Å². The molecular weight excluding hydrogens is 424 g/mol. The number of hydroxylamine groups is 1. The molecule has 1 spiro atoms. The monoisotopic (exact) mass is 466 g/mol. The molecular formula is C23H42N6O4. The molecule has 0 bridgehead atoms. The maximum Gasteiger partial charge on any atom is 0.408 e. The number of ether oxygens (including phenoxy) is 1. The topological polar surface area (TPSA) is 107 Å². The number of amides is 2. The molecule has 0 aromatic carbocycles. The van der Waals surface area contributed by atoms with Gasteiger partial charge in [-0.05, 0) is 39.5 Å². The fraction of sp³-hybridized carbons (Fsp3) is 0.826.